The second-order valence-corrected chi connectivity index (χ2v) is 2.60. The van der Waals surface area contributed by atoms with Crippen molar-refractivity contribution in [3.05, 3.63) is 29.8 Å². The Morgan fingerprint density at radius 2 is 2.21 bits per heavy atom. The largest absolute Gasteiger partial charge is 0.507 e. The molecule has 1 N–H and O–H groups in total. The summed E-state index contributed by atoms with van der Waals surface area (Å²) in [7, 11) is 0. The summed E-state index contributed by atoms with van der Waals surface area (Å²) in [6.07, 6.45) is 0. The first-order valence-electron chi connectivity index (χ1n) is 4.10. The van der Waals surface area contributed by atoms with E-state index >= 15 is 0 Å². The van der Waals surface area contributed by atoms with Gasteiger partial charge in [-0.2, -0.15) is 0 Å². The first-order chi connectivity index (χ1) is 6.70. The molecule has 14 heavy (non-hydrogen) atoms. The van der Waals surface area contributed by atoms with Crippen LogP contribution in [0.2, 0.25) is 0 Å². The third-order valence-corrected chi connectivity index (χ3v) is 1.47. The van der Waals surface area contributed by atoms with Crippen molar-refractivity contribution in [1.29, 1.82) is 0 Å². The third-order valence-electron chi connectivity index (χ3n) is 1.47. The van der Waals surface area contributed by atoms with Crippen LogP contribution in [-0.2, 0) is 9.53 Å². The molecule has 0 aromatic heterocycles. The summed E-state index contributed by atoms with van der Waals surface area (Å²) >= 11 is 0. The zero-order chi connectivity index (χ0) is 10.4. The van der Waals surface area contributed by atoms with E-state index in [9.17, 15) is 9.90 Å². The fourth-order valence-corrected chi connectivity index (χ4v) is 0.848. The van der Waals surface area contributed by atoms with Crippen molar-refractivity contribution in [3.8, 4) is 17.6 Å². The number of hydrogen-bond donors (Lipinski definition) is 1. The number of para-hydroxylation sites is 1. The number of hydrogen-bond acceptors (Lipinski definition) is 3. The molecule has 0 saturated heterocycles. The summed E-state index contributed by atoms with van der Waals surface area (Å²) < 4.78 is 4.61. The number of rotatable bonds is 1. The van der Waals surface area contributed by atoms with Crippen LogP contribution in [-0.4, -0.2) is 17.7 Å². The van der Waals surface area contributed by atoms with Gasteiger partial charge in [0.25, 0.3) is 0 Å². The van der Waals surface area contributed by atoms with E-state index in [-0.39, 0.29) is 18.3 Å². The van der Waals surface area contributed by atoms with Crippen LogP contribution in [0.3, 0.4) is 0 Å². The highest BCUT2D eigenvalue weighted by Crippen LogP contribution is 2.13. The zero-order valence-corrected chi connectivity index (χ0v) is 7.78. The van der Waals surface area contributed by atoms with E-state index in [2.05, 4.69) is 16.6 Å². The van der Waals surface area contributed by atoms with Gasteiger partial charge < -0.3 is 9.84 Å². The Bertz CT molecular complexity index is 385. The van der Waals surface area contributed by atoms with Crippen LogP contribution in [0, 0.1) is 11.8 Å². The molecule has 0 atom stereocenters. The van der Waals surface area contributed by atoms with E-state index < -0.39 is 0 Å². The summed E-state index contributed by atoms with van der Waals surface area (Å²) in [5.41, 5.74) is 0.527. The fourth-order valence-electron chi connectivity index (χ4n) is 0.848. The predicted octanol–water partition coefficient (Wildman–Crippen LogP) is 1.31. The number of ether oxygens (including phenoxy) is 1. The van der Waals surface area contributed by atoms with Crippen LogP contribution in [0.5, 0.6) is 5.75 Å². The van der Waals surface area contributed by atoms with Gasteiger partial charge in [0.15, 0.2) is 6.61 Å². The molecule has 0 spiro atoms. The summed E-state index contributed by atoms with van der Waals surface area (Å²) in [6.45, 7) is 1.37. The van der Waals surface area contributed by atoms with Crippen molar-refractivity contribution in [2.24, 2.45) is 0 Å². The Labute approximate surface area is 82.3 Å². The highest BCUT2D eigenvalue weighted by Gasteiger charge is 1.93. The lowest BCUT2D eigenvalue weighted by molar-refractivity contribution is -0.139. The Morgan fingerprint density at radius 1 is 1.50 bits per heavy atom. The van der Waals surface area contributed by atoms with Crippen LogP contribution >= 0.6 is 0 Å². The SMILES string of the molecule is CC(=O)OCC#Cc1ccccc1O. The summed E-state index contributed by atoms with van der Waals surface area (Å²) in [5, 5.41) is 9.31. The van der Waals surface area contributed by atoms with Crippen molar-refractivity contribution in [2.45, 2.75) is 6.92 Å². The molecule has 0 radical (unpaired) electrons. The lowest BCUT2D eigenvalue weighted by Gasteiger charge is -1.94. The highest BCUT2D eigenvalue weighted by molar-refractivity contribution is 5.66. The van der Waals surface area contributed by atoms with E-state index in [4.69, 9.17) is 0 Å². The Morgan fingerprint density at radius 3 is 2.86 bits per heavy atom. The first-order valence-corrected chi connectivity index (χ1v) is 4.10. The number of phenols is 1. The maximum atomic E-state index is 10.4. The number of aromatic hydroxyl groups is 1. The van der Waals surface area contributed by atoms with Gasteiger partial charge in [-0.3, -0.25) is 4.79 Å². The number of phenolic OH excluding ortho intramolecular Hbond substituents is 1. The van der Waals surface area contributed by atoms with Crippen molar-refractivity contribution < 1.29 is 14.6 Å². The molecule has 0 saturated carbocycles. The molecule has 0 heterocycles. The second-order valence-electron chi connectivity index (χ2n) is 2.60. The predicted molar refractivity (Wildman–Crippen MR) is 51.6 cm³/mol. The average Bonchev–Trinajstić information content (AvgIpc) is 2.15. The summed E-state index contributed by atoms with van der Waals surface area (Å²) in [5.74, 6) is 5.08. The van der Waals surface area contributed by atoms with Crippen molar-refractivity contribution in [2.75, 3.05) is 6.61 Å². The minimum absolute atomic E-state index is 0.0453. The molecule has 0 aliphatic heterocycles. The molecule has 0 bridgehead atoms. The molecule has 0 amide bonds. The molecule has 0 aliphatic carbocycles. The number of carbonyl (C=O) groups is 1. The topological polar surface area (TPSA) is 46.5 Å². The minimum Gasteiger partial charge on any atom is -0.507 e. The molecule has 0 unspecified atom stereocenters. The van der Waals surface area contributed by atoms with Crippen molar-refractivity contribution in [3.63, 3.8) is 0 Å². The Balaban J connectivity index is 2.59. The normalized spacial score (nSPS) is 8.64. The first kappa shape index (κ1) is 10.1. The van der Waals surface area contributed by atoms with E-state index in [0.717, 1.165) is 0 Å². The summed E-state index contributed by atoms with van der Waals surface area (Å²) in [4.78, 5) is 10.4. The van der Waals surface area contributed by atoms with Crippen LogP contribution in [0.15, 0.2) is 24.3 Å². The van der Waals surface area contributed by atoms with Crippen molar-refractivity contribution >= 4 is 5.97 Å². The van der Waals surface area contributed by atoms with Crippen LogP contribution in [0.25, 0.3) is 0 Å². The monoisotopic (exact) mass is 190 g/mol. The zero-order valence-electron chi connectivity index (χ0n) is 7.78. The molecule has 3 nitrogen and oxygen atoms in total. The average molecular weight is 190 g/mol. The van der Waals surface area contributed by atoms with E-state index in [1.54, 1.807) is 24.3 Å². The molecule has 1 aromatic rings. The molecular formula is C11H10O3. The number of benzene rings is 1. The fraction of sp³-hybridized carbons (Fsp3) is 0.182. The summed E-state index contributed by atoms with van der Waals surface area (Å²) in [6, 6.07) is 6.73. The van der Waals surface area contributed by atoms with Gasteiger partial charge in [-0.1, -0.05) is 24.0 Å². The van der Waals surface area contributed by atoms with Gasteiger partial charge in [0.1, 0.15) is 5.75 Å². The van der Waals surface area contributed by atoms with Crippen LogP contribution < -0.4 is 0 Å². The quantitative estimate of drug-likeness (QED) is 0.536. The van der Waals surface area contributed by atoms with Crippen molar-refractivity contribution in [1.82, 2.24) is 0 Å². The van der Waals surface area contributed by atoms with Gasteiger partial charge in [-0.15, -0.1) is 0 Å². The molecule has 1 rings (SSSR count). The minimum atomic E-state index is -0.364. The van der Waals surface area contributed by atoms with Crippen LogP contribution in [0.1, 0.15) is 12.5 Å². The standard InChI is InChI=1S/C11H10O3/c1-9(12)14-8-4-6-10-5-2-3-7-11(10)13/h2-3,5,7,13H,8H2,1H3. The molecule has 0 aliphatic rings. The van der Waals surface area contributed by atoms with Crippen LogP contribution in [0.4, 0.5) is 0 Å². The van der Waals surface area contributed by atoms with E-state index in [1.165, 1.54) is 6.92 Å². The maximum Gasteiger partial charge on any atom is 0.303 e. The van der Waals surface area contributed by atoms with Gasteiger partial charge in [-0.05, 0) is 12.1 Å². The van der Waals surface area contributed by atoms with Gasteiger partial charge in [0, 0.05) is 6.92 Å². The Hall–Kier alpha value is -1.95. The molecule has 72 valence electrons. The van der Waals surface area contributed by atoms with E-state index in [0.29, 0.717) is 5.56 Å². The highest BCUT2D eigenvalue weighted by atomic mass is 16.5. The maximum absolute atomic E-state index is 10.4. The third kappa shape index (κ3) is 3.20. The van der Waals surface area contributed by atoms with E-state index in [1.807, 2.05) is 0 Å². The number of carbonyl (C=O) groups excluding carboxylic acids is 1. The lowest BCUT2D eigenvalue weighted by atomic mass is 10.2. The Kier molecular flexibility index (Phi) is 3.57. The smallest absolute Gasteiger partial charge is 0.303 e. The number of esters is 1. The van der Waals surface area contributed by atoms with Gasteiger partial charge in [0.2, 0.25) is 0 Å². The molecule has 3 heteroatoms. The van der Waals surface area contributed by atoms with Gasteiger partial charge in [0.05, 0.1) is 5.56 Å². The van der Waals surface area contributed by atoms with Gasteiger partial charge >= 0.3 is 5.97 Å². The second kappa shape index (κ2) is 4.93. The van der Waals surface area contributed by atoms with Gasteiger partial charge in [-0.25, -0.2) is 0 Å². The molecule has 1 aromatic carbocycles. The molecular weight excluding hydrogens is 180 g/mol. The lowest BCUT2D eigenvalue weighted by Crippen LogP contribution is -1.97. The molecule has 0 fully saturated rings.